The van der Waals surface area contributed by atoms with E-state index in [2.05, 4.69) is 15.6 Å². The van der Waals surface area contributed by atoms with Crippen LogP contribution in [0.3, 0.4) is 0 Å². The molecule has 0 aliphatic heterocycles. The predicted octanol–water partition coefficient (Wildman–Crippen LogP) is 6.81. The molecule has 36 heavy (non-hydrogen) atoms. The molecular weight excluding hydrogens is 494 g/mol. The molecule has 0 fully saturated rings. The van der Waals surface area contributed by atoms with Crippen LogP contribution in [0, 0.1) is 13.8 Å². The number of hydrogen-bond acceptors (Lipinski definition) is 5. The zero-order chi connectivity index (χ0) is 25.2. The third-order valence-corrected chi connectivity index (χ3v) is 6.10. The third kappa shape index (κ3) is 5.17. The topological polar surface area (TPSA) is 76.4 Å². The summed E-state index contributed by atoms with van der Waals surface area (Å²) in [6, 6.07) is 22.8. The number of oxazole rings is 1. The lowest BCUT2D eigenvalue weighted by atomic mass is 10.0. The number of thiocarbonyl (C=S) groups is 1. The Labute approximate surface area is 218 Å². The van der Waals surface area contributed by atoms with Gasteiger partial charge in [0.1, 0.15) is 11.3 Å². The van der Waals surface area contributed by atoms with Crippen LogP contribution in [-0.4, -0.2) is 22.6 Å². The maximum absolute atomic E-state index is 12.3. The Morgan fingerprint density at radius 2 is 1.75 bits per heavy atom. The molecule has 0 saturated carbocycles. The largest absolute Gasteiger partial charge is 0.484 e. The molecule has 2 N–H and O–H groups in total. The summed E-state index contributed by atoms with van der Waals surface area (Å²) in [5.74, 6) is 0.780. The molecule has 0 radical (unpaired) electrons. The van der Waals surface area contributed by atoms with Crippen LogP contribution in [0.5, 0.6) is 5.75 Å². The lowest BCUT2D eigenvalue weighted by Crippen LogP contribution is -2.37. The van der Waals surface area contributed by atoms with Gasteiger partial charge in [-0.15, -0.1) is 0 Å². The molecule has 1 aromatic heterocycles. The Bertz CT molecular complexity index is 1610. The highest BCUT2D eigenvalue weighted by Crippen LogP contribution is 2.34. The molecule has 1 amide bonds. The first-order valence-corrected chi connectivity index (χ1v) is 12.0. The molecule has 1 heterocycles. The molecule has 4 aromatic carbocycles. The first-order valence-electron chi connectivity index (χ1n) is 11.3. The smallest absolute Gasteiger partial charge is 0.264 e. The van der Waals surface area contributed by atoms with Gasteiger partial charge in [0.05, 0.1) is 0 Å². The summed E-state index contributed by atoms with van der Waals surface area (Å²) in [5.41, 5.74) is 4.94. The maximum atomic E-state index is 12.3. The van der Waals surface area contributed by atoms with Crippen LogP contribution in [0.15, 0.2) is 77.2 Å². The van der Waals surface area contributed by atoms with E-state index in [1.54, 1.807) is 6.07 Å². The van der Waals surface area contributed by atoms with E-state index in [9.17, 15) is 4.79 Å². The zero-order valence-electron chi connectivity index (χ0n) is 19.6. The standard InChI is InChI=1S/C28H22ClN3O3S/c1-16-11-17(2)13-19(12-16)34-15-26(33)32-28(36)30-18-9-10-25-24(14-18)31-27(35-25)22-7-3-6-21-20(22)5-4-8-23(21)29/h3-14H,15H2,1-2H3,(H2,30,32,33,36). The van der Waals surface area contributed by atoms with E-state index in [-0.39, 0.29) is 17.6 Å². The van der Waals surface area contributed by atoms with Crippen molar-refractivity contribution in [1.29, 1.82) is 0 Å². The molecule has 0 aliphatic carbocycles. The molecule has 0 atom stereocenters. The summed E-state index contributed by atoms with van der Waals surface area (Å²) in [5, 5.41) is 8.37. The Morgan fingerprint density at radius 3 is 2.56 bits per heavy atom. The van der Waals surface area contributed by atoms with Gasteiger partial charge in [-0.25, -0.2) is 4.98 Å². The SMILES string of the molecule is Cc1cc(C)cc(OCC(=O)NC(=S)Nc2ccc3oc(-c4cccc5c(Cl)cccc45)nc3c2)c1. The van der Waals surface area contributed by atoms with Crippen molar-refractivity contribution < 1.29 is 13.9 Å². The summed E-state index contributed by atoms with van der Waals surface area (Å²) >= 11 is 11.7. The van der Waals surface area contributed by atoms with Crippen LogP contribution in [0.2, 0.25) is 5.02 Å². The van der Waals surface area contributed by atoms with E-state index in [1.165, 1.54) is 0 Å². The first kappa shape index (κ1) is 23.8. The highest BCUT2D eigenvalue weighted by Gasteiger charge is 2.13. The second-order valence-electron chi connectivity index (χ2n) is 8.46. The van der Waals surface area contributed by atoms with Crippen molar-refractivity contribution in [3.8, 4) is 17.2 Å². The Morgan fingerprint density at radius 1 is 1.00 bits per heavy atom. The van der Waals surface area contributed by atoms with Crippen LogP contribution in [-0.2, 0) is 4.79 Å². The van der Waals surface area contributed by atoms with Gasteiger partial charge in [0.25, 0.3) is 5.91 Å². The number of ether oxygens (including phenoxy) is 1. The summed E-state index contributed by atoms with van der Waals surface area (Å²) in [4.78, 5) is 17.0. The fourth-order valence-electron chi connectivity index (χ4n) is 4.07. The fraction of sp³-hybridized carbons (Fsp3) is 0.107. The van der Waals surface area contributed by atoms with Gasteiger partial charge in [0, 0.05) is 21.7 Å². The van der Waals surface area contributed by atoms with E-state index >= 15 is 0 Å². The number of rotatable bonds is 5. The second kappa shape index (κ2) is 9.97. The molecule has 5 aromatic rings. The minimum atomic E-state index is -0.355. The molecule has 5 rings (SSSR count). The average Bonchev–Trinajstić information content (AvgIpc) is 3.25. The van der Waals surface area contributed by atoms with E-state index in [0.717, 1.165) is 27.5 Å². The van der Waals surface area contributed by atoms with Crippen molar-refractivity contribution in [1.82, 2.24) is 10.3 Å². The normalized spacial score (nSPS) is 11.0. The first-order chi connectivity index (χ1) is 17.4. The van der Waals surface area contributed by atoms with Crippen molar-refractivity contribution in [2.45, 2.75) is 13.8 Å². The van der Waals surface area contributed by atoms with E-state index in [4.69, 9.17) is 33.0 Å². The third-order valence-electron chi connectivity index (χ3n) is 5.56. The number of benzene rings is 4. The summed E-state index contributed by atoms with van der Waals surface area (Å²) in [6.07, 6.45) is 0. The molecule has 8 heteroatoms. The maximum Gasteiger partial charge on any atom is 0.264 e. The van der Waals surface area contributed by atoms with Crippen molar-refractivity contribution in [2.24, 2.45) is 0 Å². The number of hydrogen-bond donors (Lipinski definition) is 2. The Hall–Kier alpha value is -3.94. The van der Waals surface area contributed by atoms with Crippen LogP contribution in [0.1, 0.15) is 11.1 Å². The summed E-state index contributed by atoms with van der Waals surface area (Å²) in [7, 11) is 0. The van der Waals surface area contributed by atoms with Gasteiger partial charge in [-0.1, -0.05) is 41.9 Å². The zero-order valence-corrected chi connectivity index (χ0v) is 21.2. The number of anilines is 1. The Balaban J connectivity index is 1.27. The van der Waals surface area contributed by atoms with Crippen LogP contribution >= 0.6 is 23.8 Å². The van der Waals surface area contributed by atoms with Crippen molar-refractivity contribution in [3.05, 3.63) is 88.9 Å². The van der Waals surface area contributed by atoms with Gasteiger partial charge in [-0.2, -0.15) is 0 Å². The number of carbonyl (C=O) groups is 1. The molecule has 0 bridgehead atoms. The van der Waals surface area contributed by atoms with Crippen LogP contribution in [0.25, 0.3) is 33.3 Å². The van der Waals surface area contributed by atoms with Gasteiger partial charge in [-0.05, 0) is 85.0 Å². The summed E-state index contributed by atoms with van der Waals surface area (Å²) in [6.45, 7) is 3.81. The number of aryl methyl sites for hydroxylation is 2. The lowest BCUT2D eigenvalue weighted by Gasteiger charge is -2.11. The van der Waals surface area contributed by atoms with Gasteiger partial charge in [-0.3, -0.25) is 10.1 Å². The number of nitrogens with zero attached hydrogens (tertiary/aromatic N) is 1. The Kier molecular flexibility index (Phi) is 6.59. The minimum absolute atomic E-state index is 0.147. The number of nitrogens with one attached hydrogen (secondary N) is 2. The van der Waals surface area contributed by atoms with Gasteiger partial charge in [0.15, 0.2) is 17.3 Å². The number of fused-ring (bicyclic) bond motifs is 2. The monoisotopic (exact) mass is 515 g/mol. The average molecular weight is 516 g/mol. The lowest BCUT2D eigenvalue weighted by molar-refractivity contribution is -0.121. The number of aromatic nitrogens is 1. The summed E-state index contributed by atoms with van der Waals surface area (Å²) < 4.78 is 11.6. The van der Waals surface area contributed by atoms with Crippen molar-refractivity contribution in [3.63, 3.8) is 0 Å². The van der Waals surface area contributed by atoms with E-state index < -0.39 is 0 Å². The van der Waals surface area contributed by atoms with Crippen LogP contribution < -0.4 is 15.4 Å². The molecular formula is C28H22ClN3O3S. The molecule has 180 valence electrons. The highest BCUT2D eigenvalue weighted by molar-refractivity contribution is 7.80. The van der Waals surface area contributed by atoms with E-state index in [1.807, 2.05) is 80.6 Å². The number of halogens is 1. The molecule has 0 unspecified atom stereocenters. The molecule has 0 spiro atoms. The quantitative estimate of drug-likeness (QED) is 0.250. The number of carbonyl (C=O) groups excluding carboxylic acids is 1. The molecule has 6 nitrogen and oxygen atoms in total. The minimum Gasteiger partial charge on any atom is -0.484 e. The highest BCUT2D eigenvalue weighted by atomic mass is 35.5. The second-order valence-corrected chi connectivity index (χ2v) is 9.27. The van der Waals surface area contributed by atoms with Crippen molar-refractivity contribution >= 4 is 62.4 Å². The van der Waals surface area contributed by atoms with Gasteiger partial charge in [0.2, 0.25) is 5.89 Å². The molecule has 0 saturated heterocycles. The fourth-order valence-corrected chi connectivity index (χ4v) is 4.54. The number of amides is 1. The van der Waals surface area contributed by atoms with Gasteiger partial charge < -0.3 is 14.5 Å². The van der Waals surface area contributed by atoms with E-state index in [0.29, 0.717) is 33.4 Å². The molecule has 0 aliphatic rings. The van der Waals surface area contributed by atoms with Gasteiger partial charge >= 0.3 is 0 Å². The van der Waals surface area contributed by atoms with Crippen molar-refractivity contribution in [2.75, 3.05) is 11.9 Å². The predicted molar refractivity (Wildman–Crippen MR) is 148 cm³/mol. The van der Waals surface area contributed by atoms with Crippen LogP contribution in [0.4, 0.5) is 5.69 Å².